The Morgan fingerprint density at radius 1 is 1.28 bits per heavy atom. The van der Waals surface area contributed by atoms with Gasteiger partial charge in [-0.3, -0.25) is 9.59 Å². The molecule has 6 N–H and O–H groups in total. The van der Waals surface area contributed by atoms with Crippen LogP contribution in [-0.4, -0.2) is 82.8 Å². The van der Waals surface area contributed by atoms with Crippen LogP contribution in [0.4, 0.5) is 4.79 Å². The average molecular weight is 460 g/mol. The van der Waals surface area contributed by atoms with Crippen LogP contribution in [0.3, 0.4) is 0 Å². The number of nitrogens with one attached hydrogen (secondary N) is 3. The van der Waals surface area contributed by atoms with Gasteiger partial charge in [-0.25, -0.2) is 14.9 Å². The van der Waals surface area contributed by atoms with E-state index in [9.17, 15) is 29.6 Å². The molecule has 3 amide bonds. The molecule has 1 aliphatic heterocycles. The van der Waals surface area contributed by atoms with Gasteiger partial charge in [-0.2, -0.15) is 0 Å². The SMILES string of the molecule is CC(C)COC(=O)NC(CO)C(=O)NC(C)C(=O)NC1CCCN(/C(N)=N/[N+](=O)[O-])C1C. The van der Waals surface area contributed by atoms with Crippen LogP contribution in [-0.2, 0) is 14.3 Å². The fourth-order valence-electron chi connectivity index (χ4n) is 3.11. The molecular weight excluding hydrogens is 426 g/mol. The molecular formula is C18H33N7O7. The van der Waals surface area contributed by atoms with E-state index < -0.39 is 41.6 Å². The van der Waals surface area contributed by atoms with Crippen molar-refractivity contribution in [3.63, 3.8) is 0 Å². The molecule has 0 bridgehead atoms. The normalized spacial score (nSPS) is 20.8. The molecule has 0 saturated carbocycles. The van der Waals surface area contributed by atoms with Gasteiger partial charge in [-0.15, -0.1) is 0 Å². The number of carbonyl (C=O) groups is 3. The third kappa shape index (κ3) is 8.53. The van der Waals surface area contributed by atoms with E-state index in [0.29, 0.717) is 19.4 Å². The first-order valence-corrected chi connectivity index (χ1v) is 10.4. The van der Waals surface area contributed by atoms with Gasteiger partial charge in [0.1, 0.15) is 17.2 Å². The van der Waals surface area contributed by atoms with Crippen LogP contribution in [0, 0.1) is 16.0 Å². The smallest absolute Gasteiger partial charge is 0.407 e. The fraction of sp³-hybridized carbons (Fsp3) is 0.778. The van der Waals surface area contributed by atoms with E-state index >= 15 is 0 Å². The Balaban J connectivity index is 2.64. The van der Waals surface area contributed by atoms with E-state index in [1.54, 1.807) is 6.92 Å². The minimum atomic E-state index is -1.29. The number of hydrogen-bond donors (Lipinski definition) is 5. The lowest BCUT2D eigenvalue weighted by Crippen LogP contribution is -2.60. The standard InChI is InChI=1S/C18H33N7O7/c1-10(2)9-32-18(29)22-14(8-26)16(28)20-11(3)15(27)21-13-6-5-7-24(12(13)4)17(19)23-25(30)31/h10-14,26H,5-9H2,1-4H3,(H2,19,23)(H,20,28)(H,21,27)(H,22,29). The highest BCUT2D eigenvalue weighted by molar-refractivity contribution is 5.91. The Labute approximate surface area is 186 Å². The molecule has 4 atom stereocenters. The van der Waals surface area contributed by atoms with Gasteiger partial charge in [-0.1, -0.05) is 13.8 Å². The van der Waals surface area contributed by atoms with Crippen LogP contribution >= 0.6 is 0 Å². The molecule has 4 unspecified atom stereocenters. The van der Waals surface area contributed by atoms with E-state index in [1.807, 2.05) is 13.8 Å². The minimum Gasteiger partial charge on any atom is -0.449 e. The van der Waals surface area contributed by atoms with Crippen molar-refractivity contribution in [2.24, 2.45) is 16.8 Å². The van der Waals surface area contributed by atoms with Crippen LogP contribution in [0.25, 0.3) is 0 Å². The lowest BCUT2D eigenvalue weighted by atomic mass is 9.97. The summed E-state index contributed by atoms with van der Waals surface area (Å²) in [5.41, 5.74) is 5.68. The van der Waals surface area contributed by atoms with Gasteiger partial charge >= 0.3 is 6.09 Å². The number of rotatable bonds is 9. The molecule has 0 radical (unpaired) electrons. The van der Waals surface area contributed by atoms with Gasteiger partial charge in [0, 0.05) is 18.6 Å². The number of hydrazone groups is 1. The number of aliphatic hydroxyl groups excluding tert-OH is 1. The zero-order chi connectivity index (χ0) is 24.4. The number of nitrogens with zero attached hydrogens (tertiary/aromatic N) is 3. The summed E-state index contributed by atoms with van der Waals surface area (Å²) >= 11 is 0. The van der Waals surface area contributed by atoms with Crippen LogP contribution in [0.15, 0.2) is 5.10 Å². The number of nitro groups is 1. The molecule has 182 valence electrons. The van der Waals surface area contributed by atoms with Crippen molar-refractivity contribution in [1.82, 2.24) is 20.9 Å². The summed E-state index contributed by atoms with van der Waals surface area (Å²) in [5.74, 6) is -1.40. The van der Waals surface area contributed by atoms with E-state index in [-0.39, 0.29) is 30.6 Å². The summed E-state index contributed by atoms with van der Waals surface area (Å²) in [6.45, 7) is 6.83. The maximum Gasteiger partial charge on any atom is 0.407 e. The van der Waals surface area contributed by atoms with Crippen molar-refractivity contribution >= 4 is 23.9 Å². The van der Waals surface area contributed by atoms with E-state index in [4.69, 9.17) is 10.5 Å². The molecule has 0 aromatic heterocycles. The summed E-state index contributed by atoms with van der Waals surface area (Å²) in [4.78, 5) is 48.7. The van der Waals surface area contributed by atoms with E-state index in [0.717, 1.165) is 0 Å². The first-order chi connectivity index (χ1) is 15.0. The number of hydrogen-bond acceptors (Lipinski definition) is 7. The van der Waals surface area contributed by atoms with Crippen LogP contribution in [0.2, 0.25) is 0 Å². The first kappa shape index (κ1) is 26.9. The van der Waals surface area contributed by atoms with Gasteiger partial charge < -0.3 is 36.4 Å². The van der Waals surface area contributed by atoms with Crippen molar-refractivity contribution in [1.29, 1.82) is 0 Å². The van der Waals surface area contributed by atoms with Crippen molar-refractivity contribution in [3.8, 4) is 0 Å². The largest absolute Gasteiger partial charge is 0.449 e. The molecule has 1 aliphatic rings. The van der Waals surface area contributed by atoms with E-state index in [1.165, 1.54) is 11.8 Å². The number of alkyl carbamates (subject to hydrolysis) is 1. The maximum absolute atomic E-state index is 12.6. The van der Waals surface area contributed by atoms with Crippen LogP contribution < -0.4 is 21.7 Å². The molecule has 32 heavy (non-hydrogen) atoms. The number of likely N-dealkylation sites (tertiary alicyclic amines) is 1. The van der Waals surface area contributed by atoms with Gasteiger partial charge in [0.2, 0.25) is 11.8 Å². The molecule has 0 aromatic carbocycles. The first-order valence-electron chi connectivity index (χ1n) is 10.4. The molecule has 1 heterocycles. The van der Waals surface area contributed by atoms with Crippen molar-refractivity contribution in [2.45, 2.75) is 64.7 Å². The molecule has 1 saturated heterocycles. The molecule has 0 aliphatic carbocycles. The highest BCUT2D eigenvalue weighted by Gasteiger charge is 2.33. The molecule has 1 rings (SSSR count). The summed E-state index contributed by atoms with van der Waals surface area (Å²) in [6.07, 6.45) is 0.382. The third-order valence-electron chi connectivity index (χ3n) is 4.89. The van der Waals surface area contributed by atoms with Crippen molar-refractivity contribution in [2.75, 3.05) is 19.8 Å². The van der Waals surface area contributed by atoms with Gasteiger partial charge in [-0.05, 0) is 32.6 Å². The summed E-state index contributed by atoms with van der Waals surface area (Å²) in [6, 6.07) is -3.00. The topological polar surface area (TPSA) is 202 Å². The number of aliphatic hydroxyl groups is 1. The van der Waals surface area contributed by atoms with Crippen LogP contribution in [0.5, 0.6) is 0 Å². The quantitative estimate of drug-likeness (QED) is 0.120. The predicted octanol–water partition coefficient (Wildman–Crippen LogP) is -1.29. The Morgan fingerprint density at radius 2 is 1.94 bits per heavy atom. The molecule has 14 nitrogen and oxygen atoms in total. The second-order valence-electron chi connectivity index (χ2n) is 7.99. The Hall–Kier alpha value is -3.16. The number of ether oxygens (including phenoxy) is 1. The van der Waals surface area contributed by atoms with Gasteiger partial charge in [0.15, 0.2) is 5.03 Å². The predicted molar refractivity (Wildman–Crippen MR) is 114 cm³/mol. The third-order valence-corrected chi connectivity index (χ3v) is 4.89. The lowest BCUT2D eigenvalue weighted by Gasteiger charge is -2.39. The average Bonchev–Trinajstić information content (AvgIpc) is 2.71. The number of carbonyl (C=O) groups excluding carboxylic acids is 3. The fourth-order valence-corrected chi connectivity index (χ4v) is 3.11. The van der Waals surface area contributed by atoms with Crippen molar-refractivity contribution in [3.05, 3.63) is 10.1 Å². The second kappa shape index (κ2) is 12.6. The Kier molecular flexibility index (Phi) is 10.6. The van der Waals surface area contributed by atoms with Crippen molar-refractivity contribution < 1.29 is 29.3 Å². The molecule has 1 fully saturated rings. The summed E-state index contributed by atoms with van der Waals surface area (Å²) in [5, 5.41) is 29.7. The molecule has 0 aromatic rings. The van der Waals surface area contributed by atoms with Gasteiger partial charge in [0.25, 0.3) is 5.96 Å². The zero-order valence-corrected chi connectivity index (χ0v) is 18.7. The highest BCUT2D eigenvalue weighted by atomic mass is 16.7. The molecule has 14 heteroatoms. The van der Waals surface area contributed by atoms with Gasteiger partial charge in [0.05, 0.1) is 13.2 Å². The summed E-state index contributed by atoms with van der Waals surface area (Å²) < 4.78 is 4.92. The number of amides is 3. The zero-order valence-electron chi connectivity index (χ0n) is 18.7. The Morgan fingerprint density at radius 3 is 2.50 bits per heavy atom. The lowest BCUT2D eigenvalue weighted by molar-refractivity contribution is -0.485. The number of nitrogens with two attached hydrogens (primary N) is 1. The maximum atomic E-state index is 12.6. The minimum absolute atomic E-state index is 0.102. The monoisotopic (exact) mass is 459 g/mol. The summed E-state index contributed by atoms with van der Waals surface area (Å²) in [7, 11) is 0. The number of guanidine groups is 1. The second-order valence-corrected chi connectivity index (χ2v) is 7.99. The van der Waals surface area contributed by atoms with Crippen LogP contribution in [0.1, 0.15) is 40.5 Å². The van der Waals surface area contributed by atoms with E-state index in [2.05, 4.69) is 21.1 Å². The molecule has 0 spiro atoms. The highest BCUT2D eigenvalue weighted by Crippen LogP contribution is 2.17. The Bertz CT molecular complexity index is 716. The number of piperidine rings is 1.